The summed E-state index contributed by atoms with van der Waals surface area (Å²) in [6.07, 6.45) is -3.67. The molecule has 15 amide bonds. The molecule has 114 heavy (non-hydrogen) atoms. The van der Waals surface area contributed by atoms with Gasteiger partial charge in [-0.05, 0) is 107 Å². The number of phenolic OH excluding ortho intramolecular Hbond substituents is 1. The van der Waals surface area contributed by atoms with E-state index < -0.39 is 223 Å². The Morgan fingerprint density at radius 3 is 1.94 bits per heavy atom. The number of para-hydroxylation sites is 1. The smallest absolute Gasteiger partial charge is 0.326 e. The lowest BCUT2D eigenvalue weighted by molar-refractivity contribution is -0.146. The second kappa shape index (κ2) is 43.8. The van der Waals surface area contributed by atoms with Crippen molar-refractivity contribution in [2.45, 2.75) is 188 Å². The molecule has 2 aromatic heterocycles. The van der Waals surface area contributed by atoms with E-state index in [4.69, 9.17) is 28.3 Å². The summed E-state index contributed by atoms with van der Waals surface area (Å²) in [7, 11) is 1.64. The van der Waals surface area contributed by atoms with Crippen molar-refractivity contribution in [3.05, 3.63) is 77.7 Å². The van der Waals surface area contributed by atoms with Crippen LogP contribution in [0.5, 0.6) is 5.75 Å². The zero-order valence-electron chi connectivity index (χ0n) is 62.1. The van der Waals surface area contributed by atoms with Crippen LogP contribution in [0.25, 0.3) is 10.9 Å². The quantitative estimate of drug-likeness (QED) is 0.0142. The number of aromatic amines is 1. The van der Waals surface area contributed by atoms with Gasteiger partial charge >= 0.3 is 18.0 Å². The molecule has 7 rings (SSSR count). The number of nitrogens with one attached hydrogen (secondary N) is 15. The number of aliphatic hydroxyl groups is 1. The van der Waals surface area contributed by atoms with Gasteiger partial charge in [0, 0.05) is 80.2 Å². The summed E-state index contributed by atoms with van der Waals surface area (Å²) in [5, 5.41) is 91.0. The molecule has 2 aromatic carbocycles. The number of phenols is 1. The number of nitrogens with zero attached hydrogens (tertiary/aromatic N) is 4. The van der Waals surface area contributed by atoms with Gasteiger partial charge in [-0.15, -0.1) is 5.10 Å². The number of carbonyl (C=O) groups is 16. The lowest BCUT2D eigenvalue weighted by Crippen LogP contribution is -2.62. The van der Waals surface area contributed by atoms with Gasteiger partial charge in [0.15, 0.2) is 5.96 Å². The summed E-state index contributed by atoms with van der Waals surface area (Å²) < 4.78 is 1.29. The van der Waals surface area contributed by atoms with Crippen LogP contribution >= 0.6 is 21.6 Å². The number of aliphatic carboxylic acids is 2. The summed E-state index contributed by atoms with van der Waals surface area (Å²) in [6, 6.07) is -9.58. The number of hydrogen-bond acceptors (Lipinski definition) is 24. The fraction of sp³-hybridized carbons (Fsp3) is 0.522. The highest BCUT2D eigenvalue weighted by Crippen LogP contribution is 2.26. The minimum absolute atomic E-state index is 0.0250. The van der Waals surface area contributed by atoms with Gasteiger partial charge in [-0.2, -0.15) is 0 Å². The lowest BCUT2D eigenvalue weighted by atomic mass is 10.0. The molecule has 3 aliphatic heterocycles. The predicted octanol–water partition coefficient (Wildman–Crippen LogP) is -6.73. The van der Waals surface area contributed by atoms with Gasteiger partial charge in [0.2, 0.25) is 76.8 Å². The molecule has 13 atom stereocenters. The first-order chi connectivity index (χ1) is 54.3. The topological polar surface area (TPSA) is 688 Å². The average Bonchev–Trinajstić information content (AvgIpc) is 1.60. The fourth-order valence-corrected chi connectivity index (χ4v) is 14.9. The summed E-state index contributed by atoms with van der Waals surface area (Å²) in [6.45, 7) is -0.196. The number of carbonyl (C=O) groups excluding carboxylic acids is 14. The maximum atomic E-state index is 15.3. The molecule has 620 valence electrons. The van der Waals surface area contributed by atoms with Crippen LogP contribution in [-0.2, 0) is 97.7 Å². The second-order valence-electron chi connectivity index (χ2n) is 27.3. The Bertz CT molecular complexity index is 4150. The first-order valence-corrected chi connectivity index (χ1v) is 39.1. The third-order valence-electron chi connectivity index (χ3n) is 18.6. The summed E-state index contributed by atoms with van der Waals surface area (Å²) >= 11 is 0. The minimum Gasteiger partial charge on any atom is -0.508 e. The highest BCUT2D eigenvalue weighted by atomic mass is 33.1. The summed E-state index contributed by atoms with van der Waals surface area (Å²) in [4.78, 5) is 231. The molecule has 2 saturated heterocycles. The second-order valence-corrected chi connectivity index (χ2v) is 29.9. The van der Waals surface area contributed by atoms with Gasteiger partial charge in [-0.3, -0.25) is 77.2 Å². The number of aliphatic hydroxyl groups excluding tert-OH is 1. The monoisotopic (exact) mass is 1630 g/mol. The number of primary amides is 2. The van der Waals surface area contributed by atoms with E-state index in [0.717, 1.165) is 33.4 Å². The molecule has 4 bridgehead atoms. The van der Waals surface area contributed by atoms with Gasteiger partial charge in [0.05, 0.1) is 24.8 Å². The number of guanidine groups is 1. The van der Waals surface area contributed by atoms with Gasteiger partial charge in [0.1, 0.15) is 78.3 Å². The molecule has 0 aliphatic carbocycles. The molecular formula is C69H97N23O20S2. The molecule has 45 heteroatoms. The van der Waals surface area contributed by atoms with Crippen molar-refractivity contribution in [3.63, 3.8) is 0 Å². The molecule has 43 nitrogen and oxygen atoms in total. The Labute approximate surface area is 659 Å². The average molecular weight is 1630 g/mol. The number of benzene rings is 2. The Balaban J connectivity index is 1.39. The molecule has 3 aliphatic rings. The number of carboxylic acids is 2. The van der Waals surface area contributed by atoms with Crippen molar-refractivity contribution in [2.24, 2.45) is 22.9 Å². The highest BCUT2D eigenvalue weighted by Gasteiger charge is 2.43. The van der Waals surface area contributed by atoms with Crippen LogP contribution in [0.3, 0.4) is 0 Å². The van der Waals surface area contributed by atoms with E-state index in [2.05, 4.69) is 84.4 Å². The van der Waals surface area contributed by atoms with E-state index in [1.165, 1.54) is 41.3 Å². The van der Waals surface area contributed by atoms with Crippen LogP contribution in [-0.4, -0.2) is 262 Å². The highest BCUT2D eigenvalue weighted by molar-refractivity contribution is 8.76. The Kier molecular flexibility index (Phi) is 34.3. The summed E-state index contributed by atoms with van der Waals surface area (Å²) in [5.41, 5.74) is 23.8. The van der Waals surface area contributed by atoms with Gasteiger partial charge < -0.3 is 122 Å². The van der Waals surface area contributed by atoms with Crippen molar-refractivity contribution in [2.75, 3.05) is 37.7 Å². The Morgan fingerprint density at radius 2 is 1.27 bits per heavy atom. The van der Waals surface area contributed by atoms with Crippen molar-refractivity contribution in [3.8, 4) is 5.75 Å². The molecule has 2 fully saturated rings. The largest absolute Gasteiger partial charge is 0.508 e. The number of nitrogens with two attached hydrogens (primary N) is 4. The number of aromatic nitrogens is 4. The van der Waals surface area contributed by atoms with Crippen LogP contribution in [0.2, 0.25) is 0 Å². The first-order valence-electron chi connectivity index (χ1n) is 36.6. The van der Waals surface area contributed by atoms with Crippen LogP contribution in [0.1, 0.15) is 101 Å². The van der Waals surface area contributed by atoms with E-state index >= 15 is 19.2 Å². The maximum absolute atomic E-state index is 15.3. The molecule has 2 unspecified atom stereocenters. The number of rotatable bonds is 23. The molecule has 4 aromatic rings. The number of hydrogen-bond donors (Lipinski definition) is 23. The van der Waals surface area contributed by atoms with Crippen molar-refractivity contribution in [1.29, 1.82) is 5.41 Å². The standard InChI is InChI=1S/C69H97N23O20S2/c1-34(93)55-65(108)85-47(28-54(97)98)66(109)92-25-7-13-51(92)64(107)83-42(10-4-22-75-68(72)73)58(101)87-50-33-114-113-32-49(78-53(96)29-70)62(105)82-44(60(103)88-55)19-16-37-31-91(90-89-37)24-6-12-43(57(100)86-48(67(110)111)26-35-14-17-38(94)18-15-35)79-59(102)45(20-21-52(71)95)81-61(104)46(27-36-30-77-40-9-3-2-8-39(36)40)84-56(99)41(80-63(50)106)11-5-23-76-69(74)112/h2-3,8-9,14-15,17-18,30-31,34,41-51,55,77,93-94H,4-7,10-13,16,19-29,32-33,70H2,1H3,(H2,71,95)(H,78,96)(H,79,102)(H,80,106)(H,81,104)(H,82,105)(H,83,107)(H,84,99)(H,85,108)(H,86,100)(H,87,101)(H,88,103)(H,97,98)(H,110,111)(H4,72,73,75)(H3,74,76,112)/t34-,41+,42+,43?,44+,45+,46+,47+,48+,49+,50+,51?,55+/m1/s1. The SMILES string of the molecule is C[C@@H](O)[C@@H]1NC(=O)[C@@H]2CCc3cn(nn3)CCCC(C(=O)N[C@@H](Cc3ccc(O)cc3)C(=O)O)NC(=O)[C@H](CCC(N)=O)NC(=O)[C@H](Cc3c[nH]c4ccccc34)NC(=O)[C@H](CCCNC(N)=O)NC(=O)[C@H](CSSC[C@H](NC(=O)CN)C(=O)N2)NC(=O)[C@H](CCCNC(=N)N)NC(=O)C2CCCN2C(=O)[C@H](CC(=O)O)NC1=O. The van der Waals surface area contributed by atoms with E-state index in [9.17, 15) is 78.0 Å². The number of aromatic hydroxyl groups is 1. The van der Waals surface area contributed by atoms with E-state index in [1.54, 1.807) is 24.3 Å². The van der Waals surface area contributed by atoms with Crippen molar-refractivity contribution < 1.29 is 97.1 Å². The van der Waals surface area contributed by atoms with Gasteiger partial charge in [-0.25, -0.2) is 9.59 Å². The maximum Gasteiger partial charge on any atom is 0.326 e. The molecule has 0 radical (unpaired) electrons. The van der Waals surface area contributed by atoms with E-state index in [-0.39, 0.29) is 108 Å². The fourth-order valence-electron chi connectivity index (χ4n) is 12.6. The van der Waals surface area contributed by atoms with Gasteiger partial charge in [0.25, 0.3) is 0 Å². The number of amides is 15. The normalized spacial score (nSPS) is 23.8. The van der Waals surface area contributed by atoms with Crippen LogP contribution in [0.4, 0.5) is 4.79 Å². The zero-order valence-corrected chi connectivity index (χ0v) is 63.7. The van der Waals surface area contributed by atoms with E-state index in [0.29, 0.717) is 22.0 Å². The van der Waals surface area contributed by atoms with Crippen LogP contribution < -0.4 is 92.1 Å². The molecule has 5 heterocycles. The number of fused-ring (bicyclic) bond motifs is 12. The van der Waals surface area contributed by atoms with Crippen LogP contribution in [0.15, 0.2) is 60.9 Å². The molecule has 0 saturated carbocycles. The molecule has 0 spiro atoms. The lowest BCUT2D eigenvalue weighted by Gasteiger charge is -2.31. The minimum atomic E-state index is -2.02. The van der Waals surface area contributed by atoms with Gasteiger partial charge in [-0.1, -0.05) is 57.1 Å². The third kappa shape index (κ3) is 27.8. The third-order valence-corrected chi connectivity index (χ3v) is 21.0. The van der Waals surface area contributed by atoms with Crippen molar-refractivity contribution in [1.82, 2.24) is 94.0 Å². The zero-order chi connectivity index (χ0) is 83.3. The number of aryl methyl sites for hydroxylation is 2. The Hall–Kier alpha value is -11.9. The van der Waals surface area contributed by atoms with E-state index in [1.807, 2.05) is 0 Å². The number of H-pyrrole nitrogens is 1. The molecular weight excluding hydrogens is 1540 g/mol. The van der Waals surface area contributed by atoms with Crippen LogP contribution in [0, 0.1) is 5.41 Å². The molecule has 27 N–H and O–H groups in total. The first kappa shape index (κ1) is 89.3. The van der Waals surface area contributed by atoms with Crippen molar-refractivity contribution >= 4 is 133 Å². The summed E-state index contributed by atoms with van der Waals surface area (Å²) in [5.74, 6) is -18.8. The Morgan fingerprint density at radius 1 is 0.667 bits per heavy atom. The number of urea groups is 1. The number of carboxylic acid groups (broad SMARTS) is 2. The predicted molar refractivity (Wildman–Crippen MR) is 407 cm³/mol.